The quantitative estimate of drug-likeness (QED) is 0.793. The van der Waals surface area contributed by atoms with Gasteiger partial charge in [-0.2, -0.15) is 0 Å². The molecule has 0 unspecified atom stereocenters. The van der Waals surface area contributed by atoms with Crippen LogP contribution in [0.1, 0.15) is 5.56 Å². The van der Waals surface area contributed by atoms with Crippen molar-refractivity contribution in [1.29, 1.82) is 0 Å². The monoisotopic (exact) mass is 315 g/mol. The maximum Gasteiger partial charge on any atom is 0.315 e. The van der Waals surface area contributed by atoms with Crippen LogP contribution in [0.25, 0.3) is 0 Å². The van der Waals surface area contributed by atoms with Gasteiger partial charge in [-0.05, 0) is 23.8 Å². The summed E-state index contributed by atoms with van der Waals surface area (Å²) in [5.74, 6) is 2.06. The molecule has 7 heteroatoms. The summed E-state index contributed by atoms with van der Waals surface area (Å²) >= 11 is 0. The minimum Gasteiger partial charge on any atom is -0.492 e. The maximum absolute atomic E-state index is 11.6. The zero-order valence-electron chi connectivity index (χ0n) is 12.5. The first-order chi connectivity index (χ1) is 11.3. The van der Waals surface area contributed by atoms with Crippen LogP contribution in [0.15, 0.2) is 42.7 Å². The molecule has 0 saturated carbocycles. The molecule has 2 aromatic rings. The van der Waals surface area contributed by atoms with E-state index in [1.54, 1.807) is 30.6 Å². The number of urea groups is 1. The summed E-state index contributed by atoms with van der Waals surface area (Å²) in [5, 5.41) is 5.47. The molecule has 3 rings (SSSR count). The number of rotatable bonds is 6. The minimum atomic E-state index is -0.247. The Hall–Kier alpha value is -2.96. The molecule has 0 atom stereocenters. The van der Waals surface area contributed by atoms with Crippen molar-refractivity contribution in [3.8, 4) is 17.2 Å². The molecule has 1 aromatic carbocycles. The van der Waals surface area contributed by atoms with Gasteiger partial charge < -0.3 is 24.8 Å². The number of pyridine rings is 1. The van der Waals surface area contributed by atoms with Gasteiger partial charge in [0.2, 0.25) is 6.79 Å². The van der Waals surface area contributed by atoms with Crippen molar-refractivity contribution in [3.63, 3.8) is 0 Å². The fraction of sp³-hybridized carbons (Fsp3) is 0.250. The number of hydrogen-bond acceptors (Lipinski definition) is 5. The fourth-order valence-corrected chi connectivity index (χ4v) is 2.05. The molecule has 2 amide bonds. The molecule has 1 aliphatic rings. The summed E-state index contributed by atoms with van der Waals surface area (Å²) in [6.45, 7) is 1.42. The second-order valence-corrected chi connectivity index (χ2v) is 4.83. The van der Waals surface area contributed by atoms with Crippen LogP contribution in [0.3, 0.4) is 0 Å². The highest BCUT2D eigenvalue weighted by Crippen LogP contribution is 2.34. The molecule has 0 bridgehead atoms. The molecule has 1 aliphatic heterocycles. The van der Waals surface area contributed by atoms with Gasteiger partial charge in [-0.15, -0.1) is 0 Å². The van der Waals surface area contributed by atoms with E-state index in [-0.39, 0.29) is 12.8 Å². The van der Waals surface area contributed by atoms with Crippen molar-refractivity contribution in [2.24, 2.45) is 0 Å². The summed E-state index contributed by atoms with van der Waals surface area (Å²) in [7, 11) is 0. The Morgan fingerprint density at radius 3 is 3.00 bits per heavy atom. The largest absolute Gasteiger partial charge is 0.492 e. The average molecular weight is 315 g/mol. The smallest absolute Gasteiger partial charge is 0.315 e. The van der Waals surface area contributed by atoms with Crippen LogP contribution >= 0.6 is 0 Å². The zero-order valence-corrected chi connectivity index (χ0v) is 12.5. The van der Waals surface area contributed by atoms with Crippen LogP contribution in [0.5, 0.6) is 17.2 Å². The summed E-state index contributed by atoms with van der Waals surface area (Å²) in [5.41, 5.74) is 0.944. The topological polar surface area (TPSA) is 81.7 Å². The average Bonchev–Trinajstić information content (AvgIpc) is 3.05. The van der Waals surface area contributed by atoms with Gasteiger partial charge in [0.1, 0.15) is 12.4 Å². The molecular formula is C16H17N3O4. The fourth-order valence-electron chi connectivity index (χ4n) is 2.05. The third-order valence-electron chi connectivity index (χ3n) is 3.18. The highest BCUT2D eigenvalue weighted by Gasteiger charge is 2.13. The van der Waals surface area contributed by atoms with Crippen LogP contribution in [-0.2, 0) is 6.54 Å². The van der Waals surface area contributed by atoms with E-state index in [9.17, 15) is 4.79 Å². The number of carbonyl (C=O) groups is 1. The lowest BCUT2D eigenvalue weighted by Gasteiger charge is -2.09. The number of nitrogens with one attached hydrogen (secondary N) is 2. The van der Waals surface area contributed by atoms with E-state index >= 15 is 0 Å². The number of nitrogens with zero attached hydrogens (tertiary/aromatic N) is 1. The van der Waals surface area contributed by atoms with E-state index < -0.39 is 0 Å². The molecule has 0 radical (unpaired) electrons. The van der Waals surface area contributed by atoms with Crippen molar-refractivity contribution in [2.75, 3.05) is 19.9 Å². The first-order valence-electron chi connectivity index (χ1n) is 7.24. The molecule has 0 aliphatic carbocycles. The number of benzene rings is 1. The zero-order chi connectivity index (χ0) is 15.9. The van der Waals surface area contributed by atoms with Gasteiger partial charge in [0.15, 0.2) is 11.5 Å². The van der Waals surface area contributed by atoms with E-state index in [4.69, 9.17) is 14.2 Å². The van der Waals surface area contributed by atoms with Crippen molar-refractivity contribution < 1.29 is 19.0 Å². The molecule has 7 nitrogen and oxygen atoms in total. The van der Waals surface area contributed by atoms with Crippen molar-refractivity contribution in [2.45, 2.75) is 6.54 Å². The number of fused-ring (bicyclic) bond motifs is 1. The highest BCUT2D eigenvalue weighted by atomic mass is 16.7. The highest BCUT2D eigenvalue weighted by molar-refractivity contribution is 5.73. The Bertz CT molecular complexity index is 664. The van der Waals surface area contributed by atoms with Crippen LogP contribution in [0.4, 0.5) is 4.79 Å². The van der Waals surface area contributed by atoms with E-state index in [1.807, 2.05) is 12.1 Å². The summed E-state index contributed by atoms with van der Waals surface area (Å²) in [6.07, 6.45) is 3.40. The lowest BCUT2D eigenvalue weighted by Crippen LogP contribution is -2.37. The molecule has 0 fully saturated rings. The summed E-state index contributed by atoms with van der Waals surface area (Å²) in [6, 6.07) is 8.85. The summed E-state index contributed by atoms with van der Waals surface area (Å²) in [4.78, 5) is 15.6. The standard InChI is InChI=1S/C16H17N3O4/c20-16(19-10-12-2-1-5-17-9-12)18-6-7-21-13-3-4-14-15(8-13)23-11-22-14/h1-5,8-9H,6-7,10-11H2,(H2,18,19,20). The van der Waals surface area contributed by atoms with Crippen LogP contribution in [0, 0.1) is 0 Å². The second kappa shape index (κ2) is 7.35. The molecular weight excluding hydrogens is 298 g/mol. The Balaban J connectivity index is 1.34. The molecule has 120 valence electrons. The number of aromatic nitrogens is 1. The first kappa shape index (κ1) is 15.0. The van der Waals surface area contributed by atoms with Gasteiger partial charge in [0.25, 0.3) is 0 Å². The molecule has 1 aromatic heterocycles. The predicted molar refractivity (Wildman–Crippen MR) is 82.5 cm³/mol. The van der Waals surface area contributed by atoms with E-state index in [1.165, 1.54) is 0 Å². The maximum atomic E-state index is 11.6. The van der Waals surface area contributed by atoms with Crippen LogP contribution < -0.4 is 24.8 Å². The van der Waals surface area contributed by atoms with Crippen molar-refractivity contribution in [1.82, 2.24) is 15.6 Å². The van der Waals surface area contributed by atoms with Crippen molar-refractivity contribution in [3.05, 3.63) is 48.3 Å². The second-order valence-electron chi connectivity index (χ2n) is 4.83. The van der Waals surface area contributed by atoms with E-state index in [0.29, 0.717) is 36.9 Å². The third kappa shape index (κ3) is 4.26. The molecule has 2 heterocycles. The van der Waals surface area contributed by atoms with Crippen LogP contribution in [0.2, 0.25) is 0 Å². The number of hydrogen-bond donors (Lipinski definition) is 2. The minimum absolute atomic E-state index is 0.234. The SMILES string of the molecule is O=C(NCCOc1ccc2c(c1)OCO2)NCc1cccnc1. The Kier molecular flexibility index (Phi) is 4.78. The molecule has 0 spiro atoms. The van der Waals surface area contributed by atoms with Gasteiger partial charge in [-0.1, -0.05) is 6.07 Å². The number of ether oxygens (including phenoxy) is 3. The lowest BCUT2D eigenvalue weighted by atomic mass is 10.3. The van der Waals surface area contributed by atoms with Gasteiger partial charge >= 0.3 is 6.03 Å². The molecule has 23 heavy (non-hydrogen) atoms. The van der Waals surface area contributed by atoms with Crippen LogP contribution in [-0.4, -0.2) is 31.0 Å². The molecule has 2 N–H and O–H groups in total. The third-order valence-corrected chi connectivity index (χ3v) is 3.18. The normalized spacial score (nSPS) is 11.8. The van der Waals surface area contributed by atoms with E-state index in [0.717, 1.165) is 5.56 Å². The van der Waals surface area contributed by atoms with Gasteiger partial charge in [-0.3, -0.25) is 4.98 Å². The predicted octanol–water partition coefficient (Wildman–Crippen LogP) is 1.69. The first-order valence-corrected chi connectivity index (χ1v) is 7.24. The number of carbonyl (C=O) groups excluding carboxylic acids is 1. The molecule has 0 saturated heterocycles. The Labute approximate surface area is 133 Å². The van der Waals surface area contributed by atoms with Crippen molar-refractivity contribution >= 4 is 6.03 Å². The van der Waals surface area contributed by atoms with Gasteiger partial charge in [0.05, 0.1) is 6.54 Å². The Morgan fingerprint density at radius 2 is 2.13 bits per heavy atom. The lowest BCUT2D eigenvalue weighted by molar-refractivity contribution is 0.173. The van der Waals surface area contributed by atoms with Gasteiger partial charge in [-0.25, -0.2) is 4.79 Å². The summed E-state index contributed by atoms with van der Waals surface area (Å²) < 4.78 is 16.1. The Morgan fingerprint density at radius 1 is 1.22 bits per heavy atom. The van der Waals surface area contributed by atoms with Gasteiger partial charge in [0, 0.05) is 25.0 Å². The number of amides is 2. The van der Waals surface area contributed by atoms with E-state index in [2.05, 4.69) is 15.6 Å².